The summed E-state index contributed by atoms with van der Waals surface area (Å²) < 4.78 is 10.9. The van der Waals surface area contributed by atoms with Crippen molar-refractivity contribution in [3.63, 3.8) is 0 Å². The summed E-state index contributed by atoms with van der Waals surface area (Å²) in [5, 5.41) is 9.86. The number of carbonyl (C=O) groups excluding carboxylic acids is 2. The van der Waals surface area contributed by atoms with Crippen molar-refractivity contribution in [2.45, 2.75) is 112 Å². The highest BCUT2D eigenvalue weighted by molar-refractivity contribution is 5.98. The zero-order valence-electron chi connectivity index (χ0n) is 30.7. The third-order valence-corrected chi connectivity index (χ3v) is 9.63. The van der Waals surface area contributed by atoms with Gasteiger partial charge in [0.2, 0.25) is 0 Å². The van der Waals surface area contributed by atoms with Crippen LogP contribution in [0.2, 0.25) is 0 Å². The summed E-state index contributed by atoms with van der Waals surface area (Å²) >= 11 is 0. The van der Waals surface area contributed by atoms with Crippen molar-refractivity contribution in [3.05, 3.63) is 68.8 Å². The van der Waals surface area contributed by atoms with E-state index in [0.29, 0.717) is 5.57 Å². The second-order valence-corrected chi connectivity index (χ2v) is 13.4. The number of carbonyl (C=O) groups is 2. The first-order valence-electron chi connectivity index (χ1n) is 18.8. The highest BCUT2D eigenvalue weighted by Crippen LogP contribution is 2.36. The van der Waals surface area contributed by atoms with Crippen molar-refractivity contribution in [1.29, 1.82) is 5.26 Å². The fourth-order valence-corrected chi connectivity index (χ4v) is 7.45. The fourth-order valence-electron chi connectivity index (χ4n) is 7.45. The molecule has 0 radical (unpaired) electrons. The number of rotatable bonds is 17. The maximum atomic E-state index is 12.9. The maximum absolute atomic E-state index is 12.9. The molecule has 49 heavy (non-hydrogen) atoms. The number of ether oxygens (including phenoxy) is 2. The molecule has 2 aromatic carbocycles. The topological polar surface area (TPSA) is 82.9 Å². The van der Waals surface area contributed by atoms with E-state index < -0.39 is 11.9 Å². The summed E-state index contributed by atoms with van der Waals surface area (Å²) in [6, 6.07) is 10.6. The van der Waals surface area contributed by atoms with Gasteiger partial charge in [-0.15, -0.1) is 0 Å². The lowest BCUT2D eigenvalue weighted by atomic mass is 9.86. The Balaban J connectivity index is 1.39. The van der Waals surface area contributed by atoms with Crippen molar-refractivity contribution in [3.8, 4) is 6.07 Å². The van der Waals surface area contributed by atoms with Gasteiger partial charge in [-0.2, -0.15) is 5.26 Å². The first-order chi connectivity index (χ1) is 23.9. The van der Waals surface area contributed by atoms with E-state index in [1.807, 2.05) is 18.2 Å². The minimum Gasteiger partial charge on any atom is -0.459 e. The summed E-state index contributed by atoms with van der Waals surface area (Å²) in [4.78, 5) is 30.8. The van der Waals surface area contributed by atoms with Crippen molar-refractivity contribution in [2.24, 2.45) is 0 Å². The predicted octanol–water partition coefficient (Wildman–Crippen LogP) is 8.79. The van der Waals surface area contributed by atoms with E-state index in [4.69, 9.17) is 9.47 Å². The van der Waals surface area contributed by atoms with Crippen LogP contribution >= 0.6 is 0 Å². The van der Waals surface area contributed by atoms with Gasteiger partial charge in [-0.1, -0.05) is 39.8 Å². The van der Waals surface area contributed by atoms with Gasteiger partial charge in [-0.25, -0.2) is 9.59 Å². The highest BCUT2D eigenvalue weighted by atomic mass is 16.6. The third-order valence-electron chi connectivity index (χ3n) is 9.63. The number of anilines is 2. The van der Waals surface area contributed by atoms with Crippen LogP contribution in [0.4, 0.5) is 11.4 Å². The van der Waals surface area contributed by atoms with Gasteiger partial charge < -0.3 is 19.3 Å². The average Bonchev–Trinajstić information content (AvgIpc) is 3.12. The number of nitriles is 1. The van der Waals surface area contributed by atoms with Crippen molar-refractivity contribution < 1.29 is 19.1 Å². The highest BCUT2D eigenvalue weighted by Gasteiger charge is 2.22. The van der Waals surface area contributed by atoms with Crippen LogP contribution in [0.3, 0.4) is 0 Å². The predicted molar refractivity (Wildman–Crippen MR) is 201 cm³/mol. The summed E-state index contributed by atoms with van der Waals surface area (Å²) in [5.41, 5.74) is 10.4. The lowest BCUT2D eigenvalue weighted by molar-refractivity contribution is -0.146. The molecule has 264 valence electrons. The zero-order valence-corrected chi connectivity index (χ0v) is 30.7. The van der Waals surface area contributed by atoms with E-state index in [-0.39, 0.29) is 18.8 Å². The fraction of sp³-hybridized carbons (Fsp3) is 0.548. The molecule has 0 spiro atoms. The van der Waals surface area contributed by atoms with Crippen molar-refractivity contribution >= 4 is 35.5 Å². The number of hydrogen-bond donors (Lipinski definition) is 0. The monoisotopic (exact) mass is 667 g/mol. The zero-order chi connectivity index (χ0) is 35.2. The maximum Gasteiger partial charge on any atom is 0.349 e. The first kappa shape index (κ1) is 37.8. The molecule has 0 heterocycles. The molecular formula is C42H57N3O4. The summed E-state index contributed by atoms with van der Waals surface area (Å²) in [6.45, 7) is 14.5. The summed E-state index contributed by atoms with van der Waals surface area (Å²) in [7, 11) is 0. The number of hydrogen-bond acceptors (Lipinski definition) is 7. The van der Waals surface area contributed by atoms with E-state index in [1.165, 1.54) is 40.0 Å². The molecule has 7 heteroatoms. The molecule has 0 unspecified atom stereocenters. The number of nitrogens with zero attached hydrogens (tertiary/aromatic N) is 3. The van der Waals surface area contributed by atoms with Crippen LogP contribution < -0.4 is 9.80 Å². The third kappa shape index (κ3) is 9.78. The molecule has 0 aromatic heterocycles. The van der Waals surface area contributed by atoms with E-state index in [9.17, 15) is 14.9 Å². The largest absolute Gasteiger partial charge is 0.459 e. The summed E-state index contributed by atoms with van der Waals surface area (Å²) in [6.07, 6.45) is 16.6. The van der Waals surface area contributed by atoms with E-state index in [2.05, 4.69) is 55.7 Å². The lowest BCUT2D eigenvalue weighted by Crippen LogP contribution is -2.27. The van der Waals surface area contributed by atoms with Crippen LogP contribution in [0, 0.1) is 11.3 Å². The van der Waals surface area contributed by atoms with Crippen LogP contribution in [0.25, 0.3) is 12.2 Å². The molecule has 0 N–H and O–H groups in total. The Kier molecular flexibility index (Phi) is 14.8. The number of benzene rings is 2. The van der Waals surface area contributed by atoms with Crippen molar-refractivity contribution in [2.75, 3.05) is 49.2 Å². The van der Waals surface area contributed by atoms with Gasteiger partial charge in [-0.3, -0.25) is 0 Å². The number of esters is 2. The Morgan fingerprint density at radius 1 is 0.653 bits per heavy atom. The Morgan fingerprint density at radius 2 is 1.06 bits per heavy atom. The Bertz CT molecular complexity index is 1540. The molecule has 2 aliphatic carbocycles. The SMILES string of the molecule is CCCN(CCC)c1ccc(/C=C(\C)C(=O)OCCOC(=O)/C(C#N)=C/c2ccc(N(CCC)CCC)c3c2CCCC3)c2c1CCCC2. The average molecular weight is 668 g/mol. The standard InChI is InChI=1S/C42H57N3O4/c1-6-22-44(23-7-2)39-20-18-32(35-14-10-12-16-37(35)39)28-31(5)41(46)48-26-27-49-42(47)34(30-43)29-33-19-21-40(45(24-8-3)25-9-4)38-17-13-11-15-36(33)38/h18-21,28-29H,6-17,22-27H2,1-5H3/b31-28+,34-29+. The molecule has 0 fully saturated rings. The van der Waals surface area contributed by atoms with E-state index in [0.717, 1.165) is 108 Å². The lowest BCUT2D eigenvalue weighted by Gasteiger charge is -2.30. The van der Waals surface area contributed by atoms with Crippen molar-refractivity contribution in [1.82, 2.24) is 0 Å². The van der Waals surface area contributed by atoms with Crippen LogP contribution in [0.5, 0.6) is 0 Å². The van der Waals surface area contributed by atoms with Gasteiger partial charge in [0.05, 0.1) is 0 Å². The molecule has 0 aliphatic heterocycles. The van der Waals surface area contributed by atoms with E-state index >= 15 is 0 Å². The second kappa shape index (κ2) is 19.2. The van der Waals surface area contributed by atoms with Gasteiger partial charge >= 0.3 is 11.9 Å². The molecule has 2 aliphatic rings. The van der Waals surface area contributed by atoms with Crippen LogP contribution in [-0.2, 0) is 44.7 Å². The van der Waals surface area contributed by atoms with Gasteiger partial charge in [-0.05, 0) is 142 Å². The first-order valence-corrected chi connectivity index (χ1v) is 18.8. The molecule has 0 bridgehead atoms. The molecule has 0 saturated carbocycles. The molecular weight excluding hydrogens is 610 g/mol. The van der Waals surface area contributed by atoms with E-state index in [1.54, 1.807) is 13.0 Å². The van der Waals surface area contributed by atoms with Gasteiger partial charge in [0.1, 0.15) is 24.9 Å². The quantitative estimate of drug-likeness (QED) is 0.0722. The summed E-state index contributed by atoms with van der Waals surface area (Å²) in [5.74, 6) is -1.14. The van der Waals surface area contributed by atoms with Crippen LogP contribution in [0.1, 0.15) is 119 Å². The molecule has 4 rings (SSSR count). The van der Waals surface area contributed by atoms with Crippen LogP contribution in [-0.4, -0.2) is 51.3 Å². The Hall–Kier alpha value is -4.05. The number of fused-ring (bicyclic) bond motifs is 2. The van der Waals surface area contributed by atoms with Gasteiger partial charge in [0.15, 0.2) is 0 Å². The second-order valence-electron chi connectivity index (χ2n) is 13.4. The molecule has 0 saturated heterocycles. The minimum absolute atomic E-state index is 0.0495. The molecule has 2 aromatic rings. The van der Waals surface area contributed by atoms with Gasteiger partial charge in [0.25, 0.3) is 0 Å². The minimum atomic E-state index is -0.704. The molecule has 0 amide bonds. The van der Waals surface area contributed by atoms with Crippen LogP contribution in [0.15, 0.2) is 35.4 Å². The Labute approximate surface area is 295 Å². The Morgan fingerprint density at radius 3 is 1.49 bits per heavy atom. The molecule has 7 nitrogen and oxygen atoms in total. The normalized spacial score (nSPS) is 14.4. The smallest absolute Gasteiger partial charge is 0.349 e. The molecule has 0 atom stereocenters. The van der Waals surface area contributed by atoms with Gasteiger partial charge in [0, 0.05) is 43.1 Å².